The first-order valence-corrected chi connectivity index (χ1v) is 5.34. The van der Waals surface area contributed by atoms with Crippen molar-refractivity contribution in [1.29, 1.82) is 0 Å². The summed E-state index contributed by atoms with van der Waals surface area (Å²) in [5, 5.41) is 9.38. The van der Waals surface area contributed by atoms with Gasteiger partial charge < -0.3 is 19.3 Å². The van der Waals surface area contributed by atoms with E-state index in [1.165, 1.54) is 19.2 Å². The fourth-order valence-electron chi connectivity index (χ4n) is 1.74. The van der Waals surface area contributed by atoms with Crippen LogP contribution in [-0.4, -0.2) is 30.4 Å². The van der Waals surface area contributed by atoms with Crippen molar-refractivity contribution in [3.05, 3.63) is 18.2 Å². The van der Waals surface area contributed by atoms with Crippen molar-refractivity contribution in [2.45, 2.75) is 18.9 Å². The van der Waals surface area contributed by atoms with Crippen LogP contribution >= 0.6 is 0 Å². The Hall–Kier alpha value is -1.91. The topological polar surface area (TPSA) is 65.0 Å². The average molecular weight is 238 g/mol. The number of hydrogen-bond acceptors (Lipinski definition) is 5. The highest BCUT2D eigenvalue weighted by Gasteiger charge is 2.45. The van der Waals surface area contributed by atoms with Crippen LogP contribution in [0.1, 0.15) is 13.3 Å². The molecule has 0 aromatic heterocycles. The van der Waals surface area contributed by atoms with Crippen LogP contribution in [0.25, 0.3) is 0 Å². The lowest BCUT2D eigenvalue weighted by molar-refractivity contribution is -0.164. The quantitative estimate of drug-likeness (QED) is 0.791. The lowest BCUT2D eigenvalue weighted by Gasteiger charge is -2.35. The number of methoxy groups -OCH3 is 1. The zero-order valence-electron chi connectivity index (χ0n) is 9.73. The molecule has 0 amide bonds. The maximum atomic E-state index is 11.7. The molecule has 0 radical (unpaired) electrons. The van der Waals surface area contributed by atoms with E-state index in [1.54, 1.807) is 6.07 Å². The number of esters is 1. The van der Waals surface area contributed by atoms with Gasteiger partial charge in [-0.25, -0.2) is 4.79 Å². The molecule has 0 saturated carbocycles. The molecule has 5 heteroatoms. The van der Waals surface area contributed by atoms with Crippen molar-refractivity contribution in [1.82, 2.24) is 0 Å². The van der Waals surface area contributed by atoms with Gasteiger partial charge in [0.2, 0.25) is 5.60 Å². The second-order valence-electron chi connectivity index (χ2n) is 3.86. The molecular formula is C12H14O5. The van der Waals surface area contributed by atoms with Crippen molar-refractivity contribution in [3.63, 3.8) is 0 Å². The van der Waals surface area contributed by atoms with Crippen LogP contribution in [0.2, 0.25) is 0 Å². The summed E-state index contributed by atoms with van der Waals surface area (Å²) < 4.78 is 15.8. The van der Waals surface area contributed by atoms with Crippen molar-refractivity contribution in [3.8, 4) is 17.2 Å². The van der Waals surface area contributed by atoms with Gasteiger partial charge in [0.15, 0.2) is 11.5 Å². The molecule has 0 aliphatic carbocycles. The second kappa shape index (κ2) is 4.16. The number of benzene rings is 1. The highest BCUT2D eigenvalue weighted by Crippen LogP contribution is 2.39. The number of fused-ring (bicyclic) bond motifs is 1. The van der Waals surface area contributed by atoms with Gasteiger partial charge in [0.25, 0.3) is 0 Å². The third-order valence-electron chi connectivity index (χ3n) is 2.82. The van der Waals surface area contributed by atoms with E-state index in [0.29, 0.717) is 17.9 Å². The van der Waals surface area contributed by atoms with Gasteiger partial charge in [-0.15, -0.1) is 0 Å². The maximum Gasteiger partial charge on any atom is 0.353 e. The van der Waals surface area contributed by atoms with Crippen LogP contribution in [0.3, 0.4) is 0 Å². The third kappa shape index (κ3) is 1.88. The van der Waals surface area contributed by atoms with Crippen molar-refractivity contribution in [2.75, 3.05) is 13.7 Å². The summed E-state index contributed by atoms with van der Waals surface area (Å²) in [5.41, 5.74) is -1.13. The fourth-order valence-corrected chi connectivity index (χ4v) is 1.74. The van der Waals surface area contributed by atoms with Gasteiger partial charge in [0.05, 0.1) is 7.11 Å². The predicted molar refractivity (Wildman–Crippen MR) is 59.3 cm³/mol. The normalized spacial score (nSPS) is 22.0. The predicted octanol–water partition coefficient (Wildman–Crippen LogP) is 1.49. The number of ether oxygens (including phenoxy) is 3. The van der Waals surface area contributed by atoms with Gasteiger partial charge in [0.1, 0.15) is 12.4 Å². The molecule has 1 aliphatic heterocycles. The van der Waals surface area contributed by atoms with E-state index in [1.807, 2.05) is 6.92 Å². The molecule has 1 N–H and O–H groups in total. The molecule has 1 heterocycles. The van der Waals surface area contributed by atoms with E-state index in [0.717, 1.165) is 0 Å². The molecule has 17 heavy (non-hydrogen) atoms. The minimum Gasteiger partial charge on any atom is -0.508 e. The van der Waals surface area contributed by atoms with E-state index < -0.39 is 11.6 Å². The van der Waals surface area contributed by atoms with Crippen LogP contribution in [0.4, 0.5) is 0 Å². The Morgan fingerprint density at radius 2 is 2.29 bits per heavy atom. The first-order chi connectivity index (χ1) is 8.11. The van der Waals surface area contributed by atoms with Gasteiger partial charge in [-0.3, -0.25) is 0 Å². The van der Waals surface area contributed by atoms with Crippen molar-refractivity contribution >= 4 is 5.97 Å². The molecule has 1 aromatic rings. The van der Waals surface area contributed by atoms with E-state index in [2.05, 4.69) is 0 Å². The van der Waals surface area contributed by atoms with Crippen LogP contribution in [-0.2, 0) is 9.53 Å². The molecule has 1 aromatic carbocycles. The van der Waals surface area contributed by atoms with Crippen LogP contribution < -0.4 is 9.47 Å². The Kier molecular flexibility index (Phi) is 2.83. The van der Waals surface area contributed by atoms with Gasteiger partial charge in [-0.1, -0.05) is 6.92 Å². The number of aromatic hydroxyl groups is 1. The number of phenolic OH excluding ortho intramolecular Hbond substituents is 1. The molecule has 1 aliphatic rings. The molecule has 1 atom stereocenters. The van der Waals surface area contributed by atoms with Gasteiger partial charge in [-0.05, 0) is 18.6 Å². The minimum absolute atomic E-state index is 0.0594. The zero-order valence-corrected chi connectivity index (χ0v) is 9.73. The monoisotopic (exact) mass is 238 g/mol. The first-order valence-electron chi connectivity index (χ1n) is 5.34. The highest BCUT2D eigenvalue weighted by atomic mass is 16.6. The van der Waals surface area contributed by atoms with Gasteiger partial charge in [0, 0.05) is 6.07 Å². The lowest BCUT2D eigenvalue weighted by atomic mass is 10.0. The smallest absolute Gasteiger partial charge is 0.353 e. The second-order valence-corrected chi connectivity index (χ2v) is 3.86. The molecule has 0 spiro atoms. The molecule has 0 unspecified atom stereocenters. The summed E-state index contributed by atoms with van der Waals surface area (Å²) >= 11 is 0. The number of hydrogen-bond donors (Lipinski definition) is 1. The zero-order chi connectivity index (χ0) is 12.5. The lowest BCUT2D eigenvalue weighted by Crippen LogP contribution is -2.51. The first kappa shape index (κ1) is 11.6. The Bertz CT molecular complexity index is 443. The number of phenols is 1. The van der Waals surface area contributed by atoms with Gasteiger partial charge >= 0.3 is 5.97 Å². The molecule has 0 bridgehead atoms. The Balaban J connectivity index is 2.35. The molecule has 0 fully saturated rings. The minimum atomic E-state index is -1.13. The SMILES string of the molecule is CC[C@]1(C(=O)OC)COc2ccc(O)cc2O1. The summed E-state index contributed by atoms with van der Waals surface area (Å²) in [6, 6.07) is 4.52. The maximum absolute atomic E-state index is 11.7. The van der Waals surface area contributed by atoms with Gasteiger partial charge in [-0.2, -0.15) is 0 Å². The largest absolute Gasteiger partial charge is 0.508 e. The molecular weight excluding hydrogens is 224 g/mol. The fraction of sp³-hybridized carbons (Fsp3) is 0.417. The average Bonchev–Trinajstić information content (AvgIpc) is 2.36. The standard InChI is InChI=1S/C12H14O5/c1-3-12(11(14)15-2)7-16-9-5-4-8(13)6-10(9)17-12/h4-6,13H,3,7H2,1-2H3/t12-/m1/s1. The Labute approximate surface area is 98.9 Å². The number of rotatable bonds is 2. The molecule has 2 rings (SSSR count). The molecule has 0 saturated heterocycles. The summed E-state index contributed by atoms with van der Waals surface area (Å²) in [6.45, 7) is 1.92. The van der Waals surface area contributed by atoms with Crippen LogP contribution in [0.15, 0.2) is 18.2 Å². The summed E-state index contributed by atoms with van der Waals surface area (Å²) in [4.78, 5) is 11.7. The van der Waals surface area contributed by atoms with E-state index >= 15 is 0 Å². The van der Waals surface area contributed by atoms with Crippen molar-refractivity contribution < 1.29 is 24.1 Å². The molecule has 92 valence electrons. The summed E-state index contributed by atoms with van der Waals surface area (Å²) in [7, 11) is 1.31. The van der Waals surface area contributed by atoms with Crippen LogP contribution in [0, 0.1) is 0 Å². The third-order valence-corrected chi connectivity index (χ3v) is 2.82. The van der Waals surface area contributed by atoms with E-state index in [9.17, 15) is 9.90 Å². The van der Waals surface area contributed by atoms with E-state index in [4.69, 9.17) is 14.2 Å². The highest BCUT2D eigenvalue weighted by molar-refractivity contribution is 5.80. The molecule has 5 nitrogen and oxygen atoms in total. The summed E-state index contributed by atoms with van der Waals surface area (Å²) in [5.74, 6) is 0.442. The Morgan fingerprint density at radius 3 is 2.94 bits per heavy atom. The van der Waals surface area contributed by atoms with E-state index in [-0.39, 0.29) is 12.4 Å². The van der Waals surface area contributed by atoms with Crippen LogP contribution in [0.5, 0.6) is 17.2 Å². The van der Waals surface area contributed by atoms with Crippen molar-refractivity contribution in [2.24, 2.45) is 0 Å². The summed E-state index contributed by atoms with van der Waals surface area (Å²) in [6.07, 6.45) is 0.425. The number of carbonyl (C=O) groups is 1. The Morgan fingerprint density at radius 1 is 1.53 bits per heavy atom. The number of carbonyl (C=O) groups excluding carboxylic acids is 1.